The highest BCUT2D eigenvalue weighted by Gasteiger charge is 2.38. The predicted molar refractivity (Wildman–Crippen MR) is 83.9 cm³/mol. The third-order valence-corrected chi connectivity index (χ3v) is 3.94. The van der Waals surface area contributed by atoms with Gasteiger partial charge < -0.3 is 10.1 Å². The Bertz CT molecular complexity index is 654. The Balaban J connectivity index is 1.64. The van der Waals surface area contributed by atoms with Crippen LogP contribution < -0.4 is 10.1 Å². The largest absolute Gasteiger partial charge is 0.456 e. The topological polar surface area (TPSA) is 38.3 Å². The number of halogens is 1. The highest BCUT2D eigenvalue weighted by Crippen LogP contribution is 2.38. The van der Waals surface area contributed by atoms with E-state index < -0.39 is 0 Å². The zero-order valence-corrected chi connectivity index (χ0v) is 12.4. The van der Waals surface area contributed by atoms with Gasteiger partial charge in [0.05, 0.1) is 5.02 Å². The Hall–Kier alpha value is -2.00. The molecule has 2 aromatic rings. The molecular weight excluding hydrogens is 286 g/mol. The lowest BCUT2D eigenvalue weighted by Gasteiger charge is -2.09. The minimum atomic E-state index is 0.0993. The van der Waals surface area contributed by atoms with Gasteiger partial charge in [0.25, 0.3) is 0 Å². The lowest BCUT2D eigenvalue weighted by atomic mass is 10.2. The van der Waals surface area contributed by atoms with Gasteiger partial charge >= 0.3 is 0 Å². The second-order valence-electron chi connectivity index (χ2n) is 5.37. The Labute approximate surface area is 128 Å². The van der Waals surface area contributed by atoms with Gasteiger partial charge in [-0.3, -0.25) is 4.79 Å². The fraction of sp³-hybridized carbons (Fsp3) is 0.235. The smallest absolute Gasteiger partial charge is 0.227 e. The van der Waals surface area contributed by atoms with Gasteiger partial charge in [0.1, 0.15) is 11.5 Å². The molecule has 3 nitrogen and oxygen atoms in total. The minimum absolute atomic E-state index is 0.0993. The number of hydrogen-bond acceptors (Lipinski definition) is 2. The molecule has 3 rings (SSSR count). The molecule has 1 saturated carbocycles. The maximum absolute atomic E-state index is 11.8. The van der Waals surface area contributed by atoms with E-state index in [2.05, 4.69) is 12.2 Å². The summed E-state index contributed by atoms with van der Waals surface area (Å²) in [7, 11) is 0. The van der Waals surface area contributed by atoms with E-state index in [0.717, 1.165) is 12.1 Å². The summed E-state index contributed by atoms with van der Waals surface area (Å²) in [6.07, 6.45) is 0.986. The molecule has 0 unspecified atom stereocenters. The van der Waals surface area contributed by atoms with E-state index in [0.29, 0.717) is 22.4 Å². The number of benzene rings is 2. The molecule has 1 N–H and O–H groups in total. The summed E-state index contributed by atoms with van der Waals surface area (Å²) in [5.41, 5.74) is 0.783. The lowest BCUT2D eigenvalue weighted by Crippen LogP contribution is -2.14. The van der Waals surface area contributed by atoms with Crippen molar-refractivity contribution in [2.45, 2.75) is 13.3 Å². The summed E-state index contributed by atoms with van der Waals surface area (Å²) in [6, 6.07) is 14.6. The predicted octanol–water partition coefficient (Wildman–Crippen LogP) is 4.73. The number of nitrogens with one attached hydrogen (secondary N) is 1. The third-order valence-electron chi connectivity index (χ3n) is 3.63. The van der Waals surface area contributed by atoms with Gasteiger partial charge in [-0.15, -0.1) is 0 Å². The second kappa shape index (κ2) is 5.78. The van der Waals surface area contributed by atoms with Crippen molar-refractivity contribution in [3.8, 4) is 11.5 Å². The molecule has 0 saturated heterocycles. The van der Waals surface area contributed by atoms with Crippen LogP contribution in [0.4, 0.5) is 5.69 Å². The van der Waals surface area contributed by atoms with Gasteiger partial charge in [-0.2, -0.15) is 0 Å². The number of carbonyl (C=O) groups excluding carboxylic acids is 1. The number of para-hydroxylation sites is 1. The van der Waals surface area contributed by atoms with Gasteiger partial charge in [0.2, 0.25) is 5.91 Å². The van der Waals surface area contributed by atoms with Crippen molar-refractivity contribution in [2.24, 2.45) is 11.8 Å². The van der Waals surface area contributed by atoms with Gasteiger partial charge in [0.15, 0.2) is 0 Å². The molecule has 1 amide bonds. The zero-order valence-electron chi connectivity index (χ0n) is 11.7. The Kier molecular flexibility index (Phi) is 3.84. The summed E-state index contributed by atoms with van der Waals surface area (Å²) in [4.78, 5) is 11.8. The van der Waals surface area contributed by atoms with Crippen LogP contribution in [0.25, 0.3) is 0 Å². The highest BCUT2D eigenvalue weighted by atomic mass is 35.5. The van der Waals surface area contributed by atoms with Crippen LogP contribution >= 0.6 is 11.6 Å². The standard InChI is InChI=1S/C17H16ClNO2/c1-11-10-14(11)17(20)19-12-6-8-13(9-7-12)21-16-5-3-2-4-15(16)18/h2-9,11,14H,10H2,1H3,(H,19,20)/t11-,14-/m1/s1. The monoisotopic (exact) mass is 301 g/mol. The molecular formula is C17H16ClNO2. The number of hydrogen-bond donors (Lipinski definition) is 1. The summed E-state index contributed by atoms with van der Waals surface area (Å²) >= 11 is 6.05. The molecule has 0 heterocycles. The molecule has 0 spiro atoms. The molecule has 1 aliphatic rings. The second-order valence-corrected chi connectivity index (χ2v) is 5.77. The number of rotatable bonds is 4. The van der Waals surface area contributed by atoms with Crippen molar-refractivity contribution in [3.63, 3.8) is 0 Å². The Morgan fingerprint density at radius 2 is 1.86 bits per heavy atom. The fourth-order valence-electron chi connectivity index (χ4n) is 2.18. The molecule has 1 fully saturated rings. The van der Waals surface area contributed by atoms with Gasteiger partial charge in [-0.05, 0) is 48.7 Å². The number of amides is 1. The van der Waals surface area contributed by atoms with E-state index in [-0.39, 0.29) is 11.8 Å². The Morgan fingerprint density at radius 3 is 2.48 bits per heavy atom. The molecule has 0 aliphatic heterocycles. The first kappa shape index (κ1) is 14.0. The highest BCUT2D eigenvalue weighted by molar-refractivity contribution is 6.32. The van der Waals surface area contributed by atoms with Crippen LogP contribution in [0.1, 0.15) is 13.3 Å². The van der Waals surface area contributed by atoms with Crippen molar-refractivity contribution in [2.75, 3.05) is 5.32 Å². The van der Waals surface area contributed by atoms with Crippen molar-refractivity contribution < 1.29 is 9.53 Å². The SMILES string of the molecule is C[C@@H]1C[C@H]1C(=O)Nc1ccc(Oc2ccccc2Cl)cc1. The van der Waals surface area contributed by atoms with E-state index in [1.807, 2.05) is 42.5 Å². The molecule has 0 bridgehead atoms. The summed E-state index contributed by atoms with van der Waals surface area (Å²) in [6.45, 7) is 2.09. The van der Waals surface area contributed by atoms with E-state index in [1.54, 1.807) is 6.07 Å². The zero-order chi connectivity index (χ0) is 14.8. The first-order chi connectivity index (χ1) is 10.1. The molecule has 0 aromatic heterocycles. The fourth-order valence-corrected chi connectivity index (χ4v) is 2.36. The van der Waals surface area contributed by atoms with Crippen LogP contribution in [-0.4, -0.2) is 5.91 Å². The van der Waals surface area contributed by atoms with Crippen LogP contribution in [0.15, 0.2) is 48.5 Å². The molecule has 21 heavy (non-hydrogen) atoms. The number of anilines is 1. The van der Waals surface area contributed by atoms with Gasteiger partial charge in [-0.1, -0.05) is 30.7 Å². The summed E-state index contributed by atoms with van der Waals surface area (Å²) < 4.78 is 5.70. The molecule has 2 atom stereocenters. The maximum atomic E-state index is 11.8. The van der Waals surface area contributed by atoms with E-state index in [4.69, 9.17) is 16.3 Å². The molecule has 108 valence electrons. The lowest BCUT2D eigenvalue weighted by molar-refractivity contribution is -0.117. The third kappa shape index (κ3) is 3.37. The Morgan fingerprint density at radius 1 is 1.19 bits per heavy atom. The van der Waals surface area contributed by atoms with E-state index in [9.17, 15) is 4.79 Å². The van der Waals surface area contributed by atoms with E-state index >= 15 is 0 Å². The molecule has 4 heteroatoms. The first-order valence-corrected chi connectivity index (χ1v) is 7.34. The average molecular weight is 302 g/mol. The van der Waals surface area contributed by atoms with Crippen LogP contribution in [0.3, 0.4) is 0 Å². The first-order valence-electron chi connectivity index (χ1n) is 6.97. The van der Waals surface area contributed by atoms with E-state index in [1.165, 1.54) is 0 Å². The van der Waals surface area contributed by atoms with Crippen molar-refractivity contribution in [3.05, 3.63) is 53.6 Å². The summed E-state index contributed by atoms with van der Waals surface area (Å²) in [5.74, 6) is 2.07. The van der Waals surface area contributed by atoms with Crippen molar-refractivity contribution >= 4 is 23.2 Å². The average Bonchev–Trinajstić information content (AvgIpc) is 3.21. The summed E-state index contributed by atoms with van der Waals surface area (Å²) in [5, 5.41) is 3.48. The van der Waals surface area contributed by atoms with Crippen LogP contribution in [0.2, 0.25) is 5.02 Å². The molecule has 0 radical (unpaired) electrons. The molecule has 2 aromatic carbocycles. The number of ether oxygens (including phenoxy) is 1. The maximum Gasteiger partial charge on any atom is 0.227 e. The van der Waals surface area contributed by atoms with Crippen LogP contribution in [-0.2, 0) is 4.79 Å². The van der Waals surface area contributed by atoms with Crippen molar-refractivity contribution in [1.29, 1.82) is 0 Å². The molecule has 1 aliphatic carbocycles. The normalized spacial score (nSPS) is 19.9. The van der Waals surface area contributed by atoms with Crippen molar-refractivity contribution in [1.82, 2.24) is 0 Å². The quantitative estimate of drug-likeness (QED) is 0.887. The number of carbonyl (C=O) groups is 1. The van der Waals surface area contributed by atoms with Crippen LogP contribution in [0, 0.1) is 11.8 Å². The van der Waals surface area contributed by atoms with Gasteiger partial charge in [-0.25, -0.2) is 0 Å². The van der Waals surface area contributed by atoms with Crippen LogP contribution in [0.5, 0.6) is 11.5 Å². The minimum Gasteiger partial charge on any atom is -0.456 e. The van der Waals surface area contributed by atoms with Gasteiger partial charge in [0, 0.05) is 11.6 Å².